The van der Waals surface area contributed by atoms with Crippen molar-refractivity contribution in [2.24, 2.45) is 0 Å². The second-order valence-electron chi connectivity index (χ2n) is 4.71. The SMILES string of the molecule is CCOC(Cn1nc(-c2ccc(OC)cc2)cc1N)OCC. The van der Waals surface area contributed by atoms with E-state index < -0.39 is 0 Å². The van der Waals surface area contributed by atoms with Crippen LogP contribution in [0.4, 0.5) is 5.82 Å². The molecule has 0 atom stereocenters. The van der Waals surface area contributed by atoms with Crippen LogP contribution in [0.25, 0.3) is 11.3 Å². The smallest absolute Gasteiger partial charge is 0.177 e. The van der Waals surface area contributed by atoms with E-state index in [1.165, 1.54) is 0 Å². The number of rotatable bonds is 8. The van der Waals surface area contributed by atoms with E-state index in [-0.39, 0.29) is 6.29 Å². The van der Waals surface area contributed by atoms with Gasteiger partial charge in [0.1, 0.15) is 11.6 Å². The van der Waals surface area contributed by atoms with Crippen molar-refractivity contribution in [3.63, 3.8) is 0 Å². The molecular formula is C16H23N3O3. The average molecular weight is 305 g/mol. The summed E-state index contributed by atoms with van der Waals surface area (Å²) in [6, 6.07) is 9.54. The van der Waals surface area contributed by atoms with Crippen LogP contribution >= 0.6 is 0 Å². The topological polar surface area (TPSA) is 71.5 Å². The number of aromatic nitrogens is 2. The summed E-state index contributed by atoms with van der Waals surface area (Å²) in [4.78, 5) is 0. The van der Waals surface area contributed by atoms with Crippen LogP contribution in [-0.4, -0.2) is 36.4 Å². The maximum absolute atomic E-state index is 6.04. The molecule has 1 aromatic heterocycles. The number of nitrogens with zero attached hydrogens (tertiary/aromatic N) is 2. The minimum absolute atomic E-state index is 0.346. The van der Waals surface area contributed by atoms with Crippen molar-refractivity contribution < 1.29 is 14.2 Å². The summed E-state index contributed by atoms with van der Waals surface area (Å²) in [6.07, 6.45) is -0.346. The van der Waals surface area contributed by atoms with E-state index >= 15 is 0 Å². The molecule has 2 rings (SSSR count). The highest BCUT2D eigenvalue weighted by Gasteiger charge is 2.13. The Morgan fingerprint density at radius 1 is 1.14 bits per heavy atom. The molecule has 0 saturated heterocycles. The lowest BCUT2D eigenvalue weighted by molar-refractivity contribution is -0.144. The first-order chi connectivity index (χ1) is 10.7. The monoisotopic (exact) mass is 305 g/mol. The van der Waals surface area contributed by atoms with Gasteiger partial charge in [-0.15, -0.1) is 0 Å². The molecular weight excluding hydrogens is 282 g/mol. The first-order valence-electron chi connectivity index (χ1n) is 7.38. The molecule has 0 unspecified atom stereocenters. The van der Waals surface area contributed by atoms with Gasteiger partial charge in [-0.3, -0.25) is 0 Å². The average Bonchev–Trinajstić information content (AvgIpc) is 2.89. The molecule has 2 N–H and O–H groups in total. The third-order valence-corrected chi connectivity index (χ3v) is 3.22. The second kappa shape index (κ2) is 7.82. The molecule has 0 fully saturated rings. The van der Waals surface area contributed by atoms with Crippen LogP contribution in [0.3, 0.4) is 0 Å². The van der Waals surface area contributed by atoms with Gasteiger partial charge in [-0.25, -0.2) is 4.68 Å². The Labute approximate surface area is 130 Å². The first kappa shape index (κ1) is 16.3. The van der Waals surface area contributed by atoms with Crippen molar-refractivity contribution in [2.75, 3.05) is 26.1 Å². The molecule has 0 saturated carbocycles. The van der Waals surface area contributed by atoms with E-state index in [9.17, 15) is 0 Å². The van der Waals surface area contributed by atoms with Gasteiger partial charge in [0.2, 0.25) is 0 Å². The zero-order valence-electron chi connectivity index (χ0n) is 13.3. The summed E-state index contributed by atoms with van der Waals surface area (Å²) < 4.78 is 17.9. The van der Waals surface area contributed by atoms with E-state index in [0.29, 0.717) is 25.6 Å². The van der Waals surface area contributed by atoms with Crippen LogP contribution in [0.15, 0.2) is 30.3 Å². The molecule has 6 heteroatoms. The molecule has 0 bridgehead atoms. The van der Waals surface area contributed by atoms with Gasteiger partial charge in [0.05, 0.1) is 19.3 Å². The lowest BCUT2D eigenvalue weighted by Gasteiger charge is -2.17. The third-order valence-electron chi connectivity index (χ3n) is 3.22. The van der Waals surface area contributed by atoms with Gasteiger partial charge < -0.3 is 19.9 Å². The van der Waals surface area contributed by atoms with Gasteiger partial charge in [-0.2, -0.15) is 5.10 Å². The predicted octanol–water partition coefficient (Wildman–Crippen LogP) is 2.54. The molecule has 0 radical (unpaired) electrons. The summed E-state index contributed by atoms with van der Waals surface area (Å²) in [6.45, 7) is 5.49. The molecule has 0 spiro atoms. The number of methoxy groups -OCH3 is 1. The molecule has 6 nitrogen and oxygen atoms in total. The minimum Gasteiger partial charge on any atom is -0.497 e. The van der Waals surface area contributed by atoms with Crippen molar-refractivity contribution in [1.82, 2.24) is 9.78 Å². The molecule has 1 aromatic carbocycles. The number of hydrogen-bond acceptors (Lipinski definition) is 5. The molecule has 0 aliphatic rings. The number of nitrogens with two attached hydrogens (primary N) is 1. The van der Waals surface area contributed by atoms with Gasteiger partial charge >= 0.3 is 0 Å². The highest BCUT2D eigenvalue weighted by Crippen LogP contribution is 2.23. The van der Waals surface area contributed by atoms with Crippen molar-refractivity contribution in [3.8, 4) is 17.0 Å². The van der Waals surface area contributed by atoms with Crippen LogP contribution in [-0.2, 0) is 16.0 Å². The largest absolute Gasteiger partial charge is 0.497 e. The molecule has 0 amide bonds. The Bertz CT molecular complexity index is 575. The van der Waals surface area contributed by atoms with E-state index in [1.807, 2.05) is 44.2 Å². The summed E-state index contributed by atoms with van der Waals surface area (Å²) in [7, 11) is 1.64. The summed E-state index contributed by atoms with van der Waals surface area (Å²) in [5.41, 5.74) is 7.83. The number of hydrogen-bond donors (Lipinski definition) is 1. The molecule has 2 aromatic rings. The number of nitrogen functional groups attached to an aromatic ring is 1. The zero-order chi connectivity index (χ0) is 15.9. The second-order valence-corrected chi connectivity index (χ2v) is 4.71. The summed E-state index contributed by atoms with van der Waals surface area (Å²) >= 11 is 0. The zero-order valence-corrected chi connectivity index (χ0v) is 13.3. The highest BCUT2D eigenvalue weighted by molar-refractivity contribution is 5.63. The fraction of sp³-hybridized carbons (Fsp3) is 0.438. The fourth-order valence-electron chi connectivity index (χ4n) is 2.15. The Hall–Kier alpha value is -2.05. The lowest BCUT2D eigenvalue weighted by atomic mass is 10.1. The van der Waals surface area contributed by atoms with Crippen molar-refractivity contribution in [3.05, 3.63) is 30.3 Å². The third kappa shape index (κ3) is 3.99. The molecule has 120 valence electrons. The van der Waals surface area contributed by atoms with E-state index in [1.54, 1.807) is 11.8 Å². The number of benzene rings is 1. The minimum atomic E-state index is -0.346. The predicted molar refractivity (Wildman–Crippen MR) is 85.7 cm³/mol. The standard InChI is InChI=1S/C16H23N3O3/c1-4-21-16(22-5-2)11-19-15(17)10-14(18-19)12-6-8-13(20-3)9-7-12/h6-10,16H,4-5,11,17H2,1-3H3. The Morgan fingerprint density at radius 2 is 1.77 bits per heavy atom. The van der Waals surface area contributed by atoms with Crippen LogP contribution in [0.5, 0.6) is 5.75 Å². The first-order valence-corrected chi connectivity index (χ1v) is 7.38. The highest BCUT2D eigenvalue weighted by atomic mass is 16.7. The normalized spacial score (nSPS) is 11.1. The van der Waals surface area contributed by atoms with E-state index in [2.05, 4.69) is 5.10 Å². The van der Waals surface area contributed by atoms with Crippen molar-refractivity contribution in [1.29, 1.82) is 0 Å². The quantitative estimate of drug-likeness (QED) is 0.759. The van der Waals surface area contributed by atoms with Gasteiger partial charge in [-0.05, 0) is 38.1 Å². The molecule has 22 heavy (non-hydrogen) atoms. The molecule has 1 heterocycles. The molecule has 0 aliphatic carbocycles. The summed E-state index contributed by atoms with van der Waals surface area (Å²) in [5, 5.41) is 4.53. The van der Waals surface area contributed by atoms with Crippen molar-refractivity contribution in [2.45, 2.75) is 26.7 Å². The van der Waals surface area contributed by atoms with E-state index in [4.69, 9.17) is 19.9 Å². The Balaban J connectivity index is 2.15. The maximum Gasteiger partial charge on any atom is 0.177 e. The Kier molecular flexibility index (Phi) is 5.80. The van der Waals surface area contributed by atoms with Crippen LogP contribution in [0.2, 0.25) is 0 Å². The fourth-order valence-corrected chi connectivity index (χ4v) is 2.15. The number of ether oxygens (including phenoxy) is 3. The van der Waals surface area contributed by atoms with Gasteiger partial charge in [0.25, 0.3) is 0 Å². The van der Waals surface area contributed by atoms with Crippen LogP contribution < -0.4 is 10.5 Å². The summed E-state index contributed by atoms with van der Waals surface area (Å²) in [5.74, 6) is 1.39. The van der Waals surface area contributed by atoms with Gasteiger partial charge in [-0.1, -0.05) is 0 Å². The Morgan fingerprint density at radius 3 is 2.32 bits per heavy atom. The number of anilines is 1. The maximum atomic E-state index is 6.04. The van der Waals surface area contributed by atoms with Crippen LogP contribution in [0.1, 0.15) is 13.8 Å². The lowest BCUT2D eigenvalue weighted by Crippen LogP contribution is -2.25. The molecule has 0 aliphatic heterocycles. The van der Waals surface area contributed by atoms with E-state index in [0.717, 1.165) is 17.0 Å². The van der Waals surface area contributed by atoms with Gasteiger partial charge in [0.15, 0.2) is 6.29 Å². The van der Waals surface area contributed by atoms with Crippen LogP contribution in [0, 0.1) is 0 Å². The van der Waals surface area contributed by atoms with Gasteiger partial charge in [0, 0.05) is 24.8 Å². The van der Waals surface area contributed by atoms with Crippen molar-refractivity contribution >= 4 is 5.82 Å².